The Morgan fingerprint density at radius 2 is 1.30 bits per heavy atom. The first-order valence-corrected chi connectivity index (χ1v) is 9.53. The molecule has 0 amide bonds. The van der Waals surface area contributed by atoms with E-state index in [4.69, 9.17) is 4.98 Å². The minimum absolute atomic E-state index is 0.0469. The van der Waals surface area contributed by atoms with Crippen molar-refractivity contribution < 1.29 is 4.79 Å². The highest BCUT2D eigenvalue weighted by Crippen LogP contribution is 2.42. The van der Waals surface area contributed by atoms with Gasteiger partial charge in [-0.25, -0.2) is 4.98 Å². The van der Waals surface area contributed by atoms with E-state index in [2.05, 4.69) is 15.9 Å². The Bertz CT molecular complexity index is 1200. The van der Waals surface area contributed by atoms with Crippen LogP contribution in [0.15, 0.2) is 89.4 Å². The molecule has 27 heavy (non-hydrogen) atoms. The summed E-state index contributed by atoms with van der Waals surface area (Å²) in [5.74, 6) is 0.0469. The van der Waals surface area contributed by atoms with Crippen molar-refractivity contribution in [2.45, 2.75) is 0 Å². The molecule has 4 aromatic rings. The van der Waals surface area contributed by atoms with Gasteiger partial charge < -0.3 is 0 Å². The third kappa shape index (κ3) is 2.54. The van der Waals surface area contributed by atoms with Gasteiger partial charge in [0.1, 0.15) is 0 Å². The van der Waals surface area contributed by atoms with Crippen LogP contribution in [-0.4, -0.2) is 10.8 Å². The van der Waals surface area contributed by atoms with Crippen LogP contribution in [0.25, 0.3) is 33.6 Å². The van der Waals surface area contributed by atoms with Gasteiger partial charge in [0.2, 0.25) is 0 Å². The van der Waals surface area contributed by atoms with E-state index in [1.54, 1.807) is 0 Å². The third-order valence-corrected chi connectivity index (χ3v) is 5.60. The molecule has 0 N–H and O–H groups in total. The summed E-state index contributed by atoms with van der Waals surface area (Å²) in [5, 5.41) is 0. The van der Waals surface area contributed by atoms with E-state index in [1.807, 2.05) is 84.9 Å². The molecule has 0 saturated carbocycles. The fraction of sp³-hybridized carbons (Fsp3) is 0. The van der Waals surface area contributed by atoms with Crippen LogP contribution in [0.4, 0.5) is 0 Å². The van der Waals surface area contributed by atoms with Gasteiger partial charge in [-0.3, -0.25) is 4.79 Å². The van der Waals surface area contributed by atoms with E-state index in [1.165, 1.54) is 0 Å². The third-order valence-electron chi connectivity index (χ3n) is 4.91. The first-order chi connectivity index (χ1) is 13.2. The lowest BCUT2D eigenvalue weighted by Gasteiger charge is -2.12. The number of fused-ring (bicyclic) bond motifs is 3. The molecule has 0 unspecified atom stereocenters. The summed E-state index contributed by atoms with van der Waals surface area (Å²) in [6.45, 7) is 0. The normalized spacial score (nSPS) is 12.0. The fourth-order valence-corrected chi connectivity index (χ4v) is 4.13. The number of pyridine rings is 1. The quantitative estimate of drug-likeness (QED) is 0.336. The van der Waals surface area contributed by atoms with Crippen LogP contribution >= 0.6 is 15.9 Å². The van der Waals surface area contributed by atoms with Crippen molar-refractivity contribution >= 4 is 21.7 Å². The summed E-state index contributed by atoms with van der Waals surface area (Å²) >= 11 is 3.63. The number of ketones is 1. The van der Waals surface area contributed by atoms with E-state index >= 15 is 0 Å². The lowest BCUT2D eigenvalue weighted by Crippen LogP contribution is -2.00. The van der Waals surface area contributed by atoms with Gasteiger partial charge >= 0.3 is 0 Å². The van der Waals surface area contributed by atoms with Crippen LogP contribution in [0.2, 0.25) is 0 Å². The molecule has 1 heterocycles. The maximum absolute atomic E-state index is 13.1. The van der Waals surface area contributed by atoms with Gasteiger partial charge in [0, 0.05) is 21.2 Å². The molecule has 5 rings (SSSR count). The molecular weight excluding hydrogens is 398 g/mol. The number of benzene rings is 3. The minimum atomic E-state index is 0.0469. The molecule has 0 atom stereocenters. The van der Waals surface area contributed by atoms with E-state index in [9.17, 15) is 4.79 Å². The van der Waals surface area contributed by atoms with Crippen molar-refractivity contribution in [1.29, 1.82) is 0 Å². The Labute approximate surface area is 165 Å². The van der Waals surface area contributed by atoms with Gasteiger partial charge in [0.15, 0.2) is 5.78 Å². The zero-order valence-corrected chi connectivity index (χ0v) is 15.9. The maximum atomic E-state index is 13.1. The van der Waals surface area contributed by atoms with Crippen molar-refractivity contribution in [3.8, 4) is 33.6 Å². The molecule has 1 aliphatic rings. The monoisotopic (exact) mass is 411 g/mol. The van der Waals surface area contributed by atoms with E-state index in [0.717, 1.165) is 43.7 Å². The van der Waals surface area contributed by atoms with Crippen LogP contribution in [0.1, 0.15) is 15.9 Å². The second kappa shape index (κ2) is 6.29. The average molecular weight is 412 g/mol. The number of nitrogens with zero attached hydrogens (tertiary/aromatic N) is 1. The first-order valence-electron chi connectivity index (χ1n) is 8.73. The molecule has 0 spiro atoms. The van der Waals surface area contributed by atoms with Gasteiger partial charge in [-0.2, -0.15) is 0 Å². The Morgan fingerprint density at radius 3 is 2.04 bits per heavy atom. The van der Waals surface area contributed by atoms with Crippen molar-refractivity contribution in [2.75, 3.05) is 0 Å². The number of carbonyl (C=O) groups excluding carboxylic acids is 1. The van der Waals surface area contributed by atoms with Gasteiger partial charge in [-0.1, -0.05) is 88.7 Å². The van der Waals surface area contributed by atoms with Gasteiger partial charge in [-0.15, -0.1) is 0 Å². The summed E-state index contributed by atoms with van der Waals surface area (Å²) < 4.78 is 0.981. The second-order valence-electron chi connectivity index (χ2n) is 6.50. The average Bonchev–Trinajstić information content (AvgIpc) is 3.01. The summed E-state index contributed by atoms with van der Waals surface area (Å²) in [6.07, 6.45) is 0. The van der Waals surface area contributed by atoms with E-state index < -0.39 is 0 Å². The number of rotatable bonds is 2. The number of aromatic nitrogens is 1. The molecule has 2 nitrogen and oxygen atoms in total. The molecule has 0 aliphatic heterocycles. The highest BCUT2D eigenvalue weighted by molar-refractivity contribution is 9.10. The molecular formula is C24H14BrNO. The summed E-state index contributed by atoms with van der Waals surface area (Å²) in [5.41, 5.74) is 6.89. The van der Waals surface area contributed by atoms with Crippen LogP contribution in [0.3, 0.4) is 0 Å². The van der Waals surface area contributed by atoms with E-state index in [-0.39, 0.29) is 5.78 Å². The number of hydrogen-bond donors (Lipinski definition) is 0. The lowest BCUT2D eigenvalue weighted by atomic mass is 9.96. The van der Waals surface area contributed by atoms with Gasteiger partial charge in [0.25, 0.3) is 0 Å². The molecule has 128 valence electrons. The first kappa shape index (κ1) is 16.2. The largest absolute Gasteiger partial charge is 0.288 e. The smallest absolute Gasteiger partial charge is 0.196 e. The van der Waals surface area contributed by atoms with Crippen molar-refractivity contribution in [3.05, 3.63) is 101 Å². The summed E-state index contributed by atoms with van der Waals surface area (Å²) in [7, 11) is 0. The topological polar surface area (TPSA) is 30.0 Å². The lowest BCUT2D eigenvalue weighted by molar-refractivity contribution is 0.104. The Morgan fingerprint density at radius 1 is 0.667 bits per heavy atom. The summed E-state index contributed by atoms with van der Waals surface area (Å²) in [6, 6.07) is 27.8. The Hall–Kier alpha value is -3.04. The predicted octanol–water partition coefficient (Wildman–Crippen LogP) is 6.39. The molecule has 0 fully saturated rings. The molecule has 3 heteroatoms. The van der Waals surface area contributed by atoms with Crippen LogP contribution in [0.5, 0.6) is 0 Å². The second-order valence-corrected chi connectivity index (χ2v) is 7.35. The van der Waals surface area contributed by atoms with Crippen molar-refractivity contribution in [2.24, 2.45) is 0 Å². The summed E-state index contributed by atoms with van der Waals surface area (Å²) in [4.78, 5) is 18.1. The number of carbonyl (C=O) groups is 1. The zero-order chi connectivity index (χ0) is 18.4. The molecule has 0 bridgehead atoms. The van der Waals surface area contributed by atoms with Gasteiger partial charge in [0.05, 0.1) is 17.0 Å². The number of halogens is 1. The maximum Gasteiger partial charge on any atom is 0.196 e. The van der Waals surface area contributed by atoms with E-state index in [0.29, 0.717) is 5.56 Å². The van der Waals surface area contributed by atoms with Crippen LogP contribution in [-0.2, 0) is 0 Å². The predicted molar refractivity (Wildman–Crippen MR) is 112 cm³/mol. The number of hydrogen-bond acceptors (Lipinski definition) is 2. The Balaban J connectivity index is 1.86. The SMILES string of the molecule is O=C1c2ccccc2-c2nc(-c3ccccc3Br)cc(-c3ccccc3)c21. The molecule has 3 aromatic carbocycles. The van der Waals surface area contributed by atoms with Gasteiger partial charge in [-0.05, 0) is 23.3 Å². The van der Waals surface area contributed by atoms with Crippen LogP contribution in [0, 0.1) is 0 Å². The van der Waals surface area contributed by atoms with Crippen LogP contribution < -0.4 is 0 Å². The zero-order valence-electron chi connectivity index (χ0n) is 14.3. The van der Waals surface area contributed by atoms with Crippen molar-refractivity contribution in [1.82, 2.24) is 4.98 Å². The standard InChI is InChI=1S/C24H14BrNO/c25-20-13-7-6-12-18(20)21-14-19(15-8-2-1-3-9-15)22-23(26-21)16-10-4-5-11-17(16)24(22)27/h1-14H. The van der Waals surface area contributed by atoms with Crippen molar-refractivity contribution in [3.63, 3.8) is 0 Å². The molecule has 1 aliphatic carbocycles. The minimum Gasteiger partial charge on any atom is -0.288 e. The molecule has 1 aromatic heterocycles. The molecule has 0 saturated heterocycles. The molecule has 0 radical (unpaired) electrons. The highest BCUT2D eigenvalue weighted by Gasteiger charge is 2.31. The Kier molecular flexibility index (Phi) is 3.76. The fourth-order valence-electron chi connectivity index (χ4n) is 3.64. The highest BCUT2D eigenvalue weighted by atomic mass is 79.9.